The first-order valence-corrected chi connectivity index (χ1v) is 8.35. The minimum atomic E-state index is -1.14. The molecule has 0 amide bonds. The summed E-state index contributed by atoms with van der Waals surface area (Å²) in [5, 5.41) is 36.3. The second-order valence-corrected chi connectivity index (χ2v) is 5.84. The lowest BCUT2D eigenvalue weighted by Gasteiger charge is -2.14. The molecule has 1 aromatic rings. The molecule has 0 saturated carbocycles. The van der Waals surface area contributed by atoms with Crippen LogP contribution >= 0.6 is 0 Å². The number of rotatable bonds is 12. The molecule has 0 fully saturated rings. The van der Waals surface area contributed by atoms with E-state index in [4.69, 9.17) is 10.2 Å². The van der Waals surface area contributed by atoms with E-state index in [1.165, 1.54) is 6.07 Å². The lowest BCUT2D eigenvalue weighted by atomic mass is 9.90. The average molecular weight is 338 g/mol. The molecule has 6 heteroatoms. The van der Waals surface area contributed by atoms with Crippen molar-refractivity contribution < 1.29 is 30.0 Å². The smallest absolute Gasteiger partial charge is 0.335 e. The molecule has 0 heterocycles. The Kier molecular flexibility index (Phi) is 9.04. The van der Waals surface area contributed by atoms with Crippen molar-refractivity contribution in [1.82, 2.24) is 0 Å². The normalized spacial score (nSPS) is 10.8. The molecule has 0 bridgehead atoms. The Labute approximate surface area is 141 Å². The summed E-state index contributed by atoms with van der Waals surface area (Å²) < 4.78 is 0. The quantitative estimate of drug-likeness (QED) is 0.435. The third-order valence-corrected chi connectivity index (χ3v) is 4.01. The molecule has 4 N–H and O–H groups in total. The first-order valence-electron chi connectivity index (χ1n) is 8.35. The van der Waals surface area contributed by atoms with E-state index >= 15 is 0 Å². The Bertz CT molecular complexity index is 553. The number of carbonyl (C=O) groups is 2. The number of aliphatic hydroxyl groups is 2. The van der Waals surface area contributed by atoms with Crippen molar-refractivity contribution in [3.63, 3.8) is 0 Å². The van der Waals surface area contributed by atoms with Crippen molar-refractivity contribution in [2.75, 3.05) is 13.2 Å². The highest BCUT2D eigenvalue weighted by molar-refractivity contribution is 5.95. The summed E-state index contributed by atoms with van der Waals surface area (Å²) in [6.07, 6.45) is 5.61. The number of carboxylic acid groups (broad SMARTS) is 2. The number of aliphatic hydroxyl groups excluding tert-OH is 2. The summed E-state index contributed by atoms with van der Waals surface area (Å²) in [6.45, 7) is 0.224. The molecule has 0 aliphatic heterocycles. The lowest BCUT2D eigenvalue weighted by molar-refractivity contribution is 0.0695. The highest BCUT2D eigenvalue weighted by atomic mass is 16.4. The van der Waals surface area contributed by atoms with Crippen LogP contribution in [0.1, 0.15) is 70.4 Å². The van der Waals surface area contributed by atoms with Gasteiger partial charge in [0.25, 0.3) is 0 Å². The van der Waals surface area contributed by atoms with Gasteiger partial charge in [-0.1, -0.05) is 12.8 Å². The van der Waals surface area contributed by atoms with Gasteiger partial charge in [0, 0.05) is 13.2 Å². The maximum absolute atomic E-state index is 11.5. The van der Waals surface area contributed by atoms with Gasteiger partial charge >= 0.3 is 11.9 Å². The first kappa shape index (κ1) is 20.1. The molecule has 0 saturated heterocycles. The molecule has 1 aromatic carbocycles. The third kappa shape index (κ3) is 6.29. The van der Waals surface area contributed by atoms with Crippen molar-refractivity contribution in [3.8, 4) is 0 Å². The Morgan fingerprint density at radius 2 is 1.33 bits per heavy atom. The largest absolute Gasteiger partial charge is 0.478 e. The summed E-state index contributed by atoms with van der Waals surface area (Å²) >= 11 is 0. The molecule has 0 atom stereocenters. The fourth-order valence-electron chi connectivity index (χ4n) is 2.76. The van der Waals surface area contributed by atoms with Gasteiger partial charge in [0.1, 0.15) is 0 Å². The van der Waals surface area contributed by atoms with Crippen LogP contribution in [-0.4, -0.2) is 45.6 Å². The summed E-state index contributed by atoms with van der Waals surface area (Å²) in [5.74, 6) is -2.26. The van der Waals surface area contributed by atoms with Crippen LogP contribution < -0.4 is 0 Å². The molecule has 6 nitrogen and oxygen atoms in total. The van der Waals surface area contributed by atoms with Crippen molar-refractivity contribution >= 4 is 11.9 Å². The maximum atomic E-state index is 11.5. The molecular formula is C18H26O6. The second-order valence-electron chi connectivity index (χ2n) is 5.84. The minimum absolute atomic E-state index is 0.0105. The summed E-state index contributed by atoms with van der Waals surface area (Å²) in [6, 6.07) is 2.79. The van der Waals surface area contributed by atoms with E-state index in [1.807, 2.05) is 0 Å². The maximum Gasteiger partial charge on any atom is 0.335 e. The van der Waals surface area contributed by atoms with Crippen molar-refractivity contribution in [2.24, 2.45) is 0 Å². The van der Waals surface area contributed by atoms with Gasteiger partial charge in [0.15, 0.2) is 0 Å². The first-order chi connectivity index (χ1) is 11.5. The highest BCUT2D eigenvalue weighted by Crippen LogP contribution is 2.23. The zero-order chi connectivity index (χ0) is 17.9. The molecule has 0 radical (unpaired) electrons. The van der Waals surface area contributed by atoms with Crippen LogP contribution in [0, 0.1) is 0 Å². The van der Waals surface area contributed by atoms with E-state index < -0.39 is 11.9 Å². The molecule has 0 spiro atoms. The van der Waals surface area contributed by atoms with E-state index in [9.17, 15) is 19.8 Å². The van der Waals surface area contributed by atoms with Gasteiger partial charge in [-0.2, -0.15) is 0 Å². The van der Waals surface area contributed by atoms with E-state index in [0.717, 1.165) is 31.2 Å². The molecule has 134 valence electrons. The Morgan fingerprint density at radius 1 is 0.750 bits per heavy atom. The zero-order valence-corrected chi connectivity index (χ0v) is 13.8. The number of benzene rings is 1. The summed E-state index contributed by atoms with van der Waals surface area (Å²) in [5.41, 5.74) is 1.49. The van der Waals surface area contributed by atoms with E-state index in [0.29, 0.717) is 31.2 Å². The number of aromatic carboxylic acids is 2. The van der Waals surface area contributed by atoms with E-state index in [2.05, 4.69) is 0 Å². The standard InChI is InChI=1S/C18H26O6/c19-9-5-1-3-7-13-11-14(17(21)22)12-16(18(23)24)15(13)8-4-2-6-10-20/h11-12,19-20H,1-10H2,(H,21,22)(H,23,24). The van der Waals surface area contributed by atoms with Crippen molar-refractivity contribution in [1.29, 1.82) is 0 Å². The van der Waals surface area contributed by atoms with E-state index in [-0.39, 0.29) is 24.3 Å². The zero-order valence-electron chi connectivity index (χ0n) is 13.8. The molecule has 0 aliphatic rings. The topological polar surface area (TPSA) is 115 Å². The predicted octanol–water partition coefficient (Wildman–Crippen LogP) is 2.49. The van der Waals surface area contributed by atoms with Gasteiger partial charge in [0.05, 0.1) is 11.1 Å². The van der Waals surface area contributed by atoms with Crippen LogP contribution in [0.15, 0.2) is 12.1 Å². The van der Waals surface area contributed by atoms with Gasteiger partial charge in [0.2, 0.25) is 0 Å². The predicted molar refractivity (Wildman–Crippen MR) is 89.6 cm³/mol. The van der Waals surface area contributed by atoms with Crippen LogP contribution in [-0.2, 0) is 12.8 Å². The van der Waals surface area contributed by atoms with Crippen LogP contribution in [0.3, 0.4) is 0 Å². The van der Waals surface area contributed by atoms with Crippen molar-refractivity contribution in [2.45, 2.75) is 51.4 Å². The Morgan fingerprint density at radius 3 is 1.83 bits per heavy atom. The van der Waals surface area contributed by atoms with Gasteiger partial charge < -0.3 is 20.4 Å². The SMILES string of the molecule is O=C(O)c1cc(CCCCCO)c(CCCCCO)c(C(=O)O)c1. The number of unbranched alkanes of at least 4 members (excludes halogenated alkanes) is 4. The minimum Gasteiger partial charge on any atom is -0.478 e. The van der Waals surface area contributed by atoms with Crippen molar-refractivity contribution in [3.05, 3.63) is 34.4 Å². The van der Waals surface area contributed by atoms with Gasteiger partial charge in [-0.25, -0.2) is 9.59 Å². The molecule has 0 unspecified atom stereocenters. The van der Waals surface area contributed by atoms with Crippen LogP contribution in [0.4, 0.5) is 0 Å². The molecule has 1 rings (SSSR count). The fourth-order valence-corrected chi connectivity index (χ4v) is 2.76. The van der Waals surface area contributed by atoms with Gasteiger partial charge in [-0.3, -0.25) is 0 Å². The number of hydrogen-bond acceptors (Lipinski definition) is 4. The number of hydrogen-bond donors (Lipinski definition) is 4. The molecule has 0 aromatic heterocycles. The highest BCUT2D eigenvalue weighted by Gasteiger charge is 2.18. The van der Waals surface area contributed by atoms with E-state index in [1.54, 1.807) is 6.07 Å². The van der Waals surface area contributed by atoms with Crippen LogP contribution in [0.2, 0.25) is 0 Å². The molecular weight excluding hydrogens is 312 g/mol. The van der Waals surface area contributed by atoms with Gasteiger partial charge in [-0.15, -0.1) is 0 Å². The number of carboxylic acids is 2. The van der Waals surface area contributed by atoms with Crippen LogP contribution in [0.25, 0.3) is 0 Å². The third-order valence-electron chi connectivity index (χ3n) is 4.01. The fraction of sp³-hybridized carbons (Fsp3) is 0.556. The Balaban J connectivity index is 3.06. The van der Waals surface area contributed by atoms with Crippen LogP contribution in [0.5, 0.6) is 0 Å². The summed E-state index contributed by atoms with van der Waals surface area (Å²) in [7, 11) is 0. The monoisotopic (exact) mass is 338 g/mol. The summed E-state index contributed by atoms with van der Waals surface area (Å²) in [4.78, 5) is 22.8. The molecule has 0 aliphatic carbocycles. The van der Waals surface area contributed by atoms with Gasteiger partial charge in [-0.05, 0) is 61.8 Å². The lowest BCUT2D eigenvalue weighted by Crippen LogP contribution is -2.10. The second kappa shape index (κ2) is 10.8. The number of aryl methyl sites for hydroxylation is 1. The average Bonchev–Trinajstić information content (AvgIpc) is 2.55. The Hall–Kier alpha value is -1.92. The molecule has 24 heavy (non-hydrogen) atoms.